The van der Waals surface area contributed by atoms with Gasteiger partial charge in [0.25, 0.3) is 11.8 Å². The van der Waals surface area contributed by atoms with Gasteiger partial charge in [-0.2, -0.15) is 10.5 Å². The Kier molecular flexibility index (Phi) is 21.7. The van der Waals surface area contributed by atoms with Crippen molar-refractivity contribution < 1.29 is 27.2 Å². The number of halogens is 4. The predicted octanol–water partition coefficient (Wildman–Crippen LogP) is 19.2. The second-order valence-electron chi connectivity index (χ2n) is 26.7. The average Bonchev–Trinajstić information content (AvgIpc) is 1.47. The van der Waals surface area contributed by atoms with Crippen LogP contribution in [0.5, 0.6) is 0 Å². The third-order valence-corrected chi connectivity index (χ3v) is 21.9. The third kappa shape index (κ3) is 13.0. The van der Waals surface area contributed by atoms with Crippen LogP contribution in [0.25, 0.3) is 28.9 Å². The Bertz CT molecular complexity index is 3580. The normalized spacial score (nSPS) is 29.5. The number of Topliss-reactive ketones (excluding diaryl/α,β-unsaturated/α-hetero) is 2. The molecule has 10 nitrogen and oxygen atoms in total. The first kappa shape index (κ1) is 69.9. The average molecular weight is 1230 g/mol. The van der Waals surface area contributed by atoms with Crippen molar-refractivity contribution in [3.8, 4) is 23.3 Å². The van der Waals surface area contributed by atoms with Gasteiger partial charge in [0.2, 0.25) is 0 Å². The highest BCUT2D eigenvalue weighted by Crippen LogP contribution is 2.70. The van der Waals surface area contributed by atoms with Gasteiger partial charge in [-0.15, -0.1) is 0 Å². The third-order valence-electron chi connectivity index (χ3n) is 21.9. The molecule has 2 aromatic heterocycles. The van der Waals surface area contributed by atoms with Gasteiger partial charge in [-0.05, 0) is 160 Å². The van der Waals surface area contributed by atoms with E-state index in [0.29, 0.717) is 28.2 Å². The minimum absolute atomic E-state index is 0.0354. The first-order valence-electron chi connectivity index (χ1n) is 32.2. The number of carbonyl (C=O) groups is 2. The molecule has 11 rings (SSSR count). The first-order valence-corrected chi connectivity index (χ1v) is 32.2. The van der Waals surface area contributed by atoms with E-state index in [-0.39, 0.29) is 47.7 Å². The van der Waals surface area contributed by atoms with Crippen molar-refractivity contribution >= 4 is 52.1 Å². The maximum Gasteiger partial charge on any atom is 0.252 e. The van der Waals surface area contributed by atoms with E-state index >= 15 is 17.6 Å². The molecule has 2 aromatic carbocycles. The fourth-order valence-electron chi connectivity index (χ4n) is 15.6. The summed E-state index contributed by atoms with van der Waals surface area (Å²) in [7, 11) is 0. The zero-order chi connectivity index (χ0) is 66.5. The number of allylic oxidation sites excluding steroid dienone is 6. The maximum absolute atomic E-state index is 15.3. The molecule has 6 fully saturated rings. The van der Waals surface area contributed by atoms with Crippen molar-refractivity contribution in [1.29, 1.82) is 32.2 Å². The van der Waals surface area contributed by atoms with Crippen LogP contribution in [-0.4, -0.2) is 56.2 Å². The van der Waals surface area contributed by atoms with E-state index in [2.05, 4.69) is 28.2 Å². The zero-order valence-electron chi connectivity index (χ0n) is 55.0. The standard InChI is InChI=1S/C29H33F2N3O.C29H31F2N3O.C8H13N.C8H9N.C2H6/c2*1-17-7-6-8-23(24(17)14-32)21-9-10-22(34-15-21)11-12-25-19(3)29(30,31)16-28(20(4)33)26(35)13-18(2)27(25,28)5;9-8(7-4-5-7)6-2-1-3-6;1-7(9)8-5-3-2-4-6-8;1-2/h8-12,15,18-19,25,33H,6-7,13,16H2,1-5H3;6-12,15,18-19,25,33H,13,16H2,1-5H3;6-7,9H,1-5H2;2-6,9H,1H3;1-2H3/b2*12-11+,33-20?;;;/t2*18?,19?,25-,27?,28?;;;/m00.../s1. The number of pyridine rings is 2. The summed E-state index contributed by atoms with van der Waals surface area (Å²) >= 11 is 0. The van der Waals surface area contributed by atoms with Gasteiger partial charge in [-0.1, -0.05) is 146 Å². The smallest absolute Gasteiger partial charge is 0.252 e. The molecule has 0 radical (unpaired) electrons. The second-order valence-corrected chi connectivity index (χ2v) is 26.7. The quantitative estimate of drug-likeness (QED) is 0.0849. The molecule has 0 bridgehead atoms. The van der Waals surface area contributed by atoms with Crippen LogP contribution in [0, 0.1) is 120 Å². The fraction of sp³-hybridized carbons (Fsp3) is 0.500. The first-order chi connectivity index (χ1) is 42.5. The number of nitrogens with one attached hydrogen (secondary N) is 4. The van der Waals surface area contributed by atoms with Crippen molar-refractivity contribution in [2.24, 2.45) is 69.0 Å². The highest BCUT2D eigenvalue weighted by molar-refractivity contribution is 6.11. The number of carbonyl (C=O) groups excluding carboxylic acids is 2. The van der Waals surface area contributed by atoms with E-state index in [1.165, 1.54) is 46.0 Å². The van der Waals surface area contributed by atoms with Crippen LogP contribution in [0.3, 0.4) is 0 Å². The highest BCUT2D eigenvalue weighted by atomic mass is 19.3. The zero-order valence-corrected chi connectivity index (χ0v) is 55.0. The largest absolute Gasteiger partial charge is 0.309 e. The highest BCUT2D eigenvalue weighted by Gasteiger charge is 2.74. The molecular weight excluding hydrogens is 1130 g/mol. The molecular formula is C76H92F4N8O2. The SMILES string of the molecule is CC.CC(=N)C12CC(F)(F)C(C)[C@H](/C=C/c3ccc(-c4cccc(C)c4C#N)cn3)C1(C)C(C)CC2=O.CC(=N)C12CC(F)(F)C(C)[C@H](/C=C/c3ccc(C4=CCCC(C)=C4C#N)cn3)C1(C)C(C)CC2=O.CC(=N)c1ccccc1.N=C(C1CCC1)C1CC1. The maximum atomic E-state index is 15.3. The van der Waals surface area contributed by atoms with Crippen molar-refractivity contribution in [2.45, 2.75) is 172 Å². The Morgan fingerprint density at radius 1 is 0.633 bits per heavy atom. The molecule has 0 aliphatic heterocycles. The van der Waals surface area contributed by atoms with E-state index in [0.717, 1.165) is 69.4 Å². The number of alkyl halides is 4. The molecule has 10 atom stereocenters. The Hall–Kier alpha value is -7.58. The molecule has 4 aromatic rings. The number of aryl methyl sites for hydroxylation is 1. The molecule has 7 aliphatic carbocycles. The van der Waals surface area contributed by atoms with E-state index in [4.69, 9.17) is 21.6 Å². The van der Waals surface area contributed by atoms with E-state index in [1.807, 2.05) is 128 Å². The number of aromatic nitrogens is 2. The monoisotopic (exact) mass is 1220 g/mol. The lowest BCUT2D eigenvalue weighted by atomic mass is 9.47. The lowest BCUT2D eigenvalue weighted by Crippen LogP contribution is -2.61. The Labute approximate surface area is 531 Å². The van der Waals surface area contributed by atoms with Crippen molar-refractivity contribution in [3.63, 3.8) is 0 Å². The number of hydrogen-bond donors (Lipinski definition) is 4. The summed E-state index contributed by atoms with van der Waals surface area (Å²) in [5.41, 5.74) is 6.16. The lowest BCUT2D eigenvalue weighted by molar-refractivity contribution is -0.178. The van der Waals surface area contributed by atoms with Gasteiger partial charge in [0.15, 0.2) is 0 Å². The summed E-state index contributed by atoms with van der Waals surface area (Å²) < 4.78 is 61.2. The van der Waals surface area contributed by atoms with Crippen molar-refractivity contribution in [3.05, 3.63) is 148 Å². The summed E-state index contributed by atoms with van der Waals surface area (Å²) in [6, 6.07) is 27.3. The lowest BCUT2D eigenvalue weighted by Gasteiger charge is -2.57. The van der Waals surface area contributed by atoms with Gasteiger partial charge >= 0.3 is 0 Å². The number of ketones is 2. The van der Waals surface area contributed by atoms with E-state index in [9.17, 15) is 20.1 Å². The number of rotatable bonds is 11. The Morgan fingerprint density at radius 3 is 1.50 bits per heavy atom. The van der Waals surface area contributed by atoms with Crippen LogP contribution in [0.15, 0.2) is 115 Å². The van der Waals surface area contributed by atoms with Crippen LogP contribution in [0.1, 0.15) is 187 Å². The fourth-order valence-corrected chi connectivity index (χ4v) is 15.6. The van der Waals surface area contributed by atoms with Crippen LogP contribution < -0.4 is 0 Å². The number of benzene rings is 2. The van der Waals surface area contributed by atoms with Gasteiger partial charge in [0.1, 0.15) is 17.6 Å². The predicted molar refractivity (Wildman–Crippen MR) is 355 cm³/mol. The molecule has 2 heterocycles. The van der Waals surface area contributed by atoms with Crippen LogP contribution >= 0.6 is 0 Å². The van der Waals surface area contributed by atoms with Gasteiger partial charge in [-0.25, -0.2) is 17.6 Å². The van der Waals surface area contributed by atoms with Gasteiger partial charge in [0.05, 0.1) is 39.4 Å². The van der Waals surface area contributed by atoms with E-state index < -0.39 is 70.0 Å². The summed E-state index contributed by atoms with van der Waals surface area (Å²) in [6.45, 7) is 23.5. The molecule has 4 N–H and O–H groups in total. The van der Waals surface area contributed by atoms with Crippen molar-refractivity contribution in [2.75, 3.05) is 0 Å². The summed E-state index contributed by atoms with van der Waals surface area (Å²) in [5.74, 6) is -8.51. The number of nitriles is 2. The molecule has 90 heavy (non-hydrogen) atoms. The molecule has 8 unspecified atom stereocenters. The van der Waals surface area contributed by atoms with E-state index in [1.54, 1.807) is 57.5 Å². The summed E-state index contributed by atoms with van der Waals surface area (Å²) in [4.78, 5) is 35.3. The Balaban J connectivity index is 0.000000195. The molecule has 0 saturated heterocycles. The number of fused-ring (bicyclic) bond motifs is 2. The number of hydrogen-bond acceptors (Lipinski definition) is 10. The van der Waals surface area contributed by atoms with Gasteiger partial charge in [-0.3, -0.25) is 19.6 Å². The summed E-state index contributed by atoms with van der Waals surface area (Å²) in [6.07, 6.45) is 20.2. The minimum atomic E-state index is -3.06. The topological polar surface area (TPSA) is 203 Å². The van der Waals surface area contributed by atoms with Gasteiger partial charge < -0.3 is 21.6 Å². The minimum Gasteiger partial charge on any atom is -0.309 e. The van der Waals surface area contributed by atoms with Gasteiger partial charge in [0, 0.05) is 89.4 Å². The second kappa shape index (κ2) is 27.9. The van der Waals surface area contributed by atoms with Crippen LogP contribution in [-0.2, 0) is 9.59 Å². The van der Waals surface area contributed by atoms with Crippen molar-refractivity contribution in [1.82, 2.24) is 9.97 Å². The molecule has 0 spiro atoms. The molecule has 6 saturated carbocycles. The Morgan fingerprint density at radius 2 is 1.11 bits per heavy atom. The molecule has 14 heteroatoms. The molecule has 476 valence electrons. The molecule has 0 amide bonds. The number of nitrogens with zero attached hydrogens (tertiary/aromatic N) is 4. The van der Waals surface area contributed by atoms with Crippen LogP contribution in [0.4, 0.5) is 17.6 Å². The van der Waals surface area contributed by atoms with Crippen LogP contribution in [0.2, 0.25) is 0 Å². The molecule has 7 aliphatic rings. The summed E-state index contributed by atoms with van der Waals surface area (Å²) in [5, 5.41) is 50.8.